The van der Waals surface area contributed by atoms with Crippen LogP contribution in [-0.2, 0) is 14.3 Å². The Morgan fingerprint density at radius 3 is 2.61 bits per heavy atom. The molecule has 6 heteroatoms. The molecular weight excluding hydrogens is 294 g/mol. The van der Waals surface area contributed by atoms with Crippen LogP contribution in [0, 0.1) is 12.8 Å². The lowest BCUT2D eigenvalue weighted by atomic mass is 9.96. The minimum atomic E-state index is -0.219. The van der Waals surface area contributed by atoms with Gasteiger partial charge >= 0.3 is 0 Å². The van der Waals surface area contributed by atoms with Crippen molar-refractivity contribution in [2.45, 2.75) is 19.8 Å². The molecule has 2 N–H and O–H groups in total. The third kappa shape index (κ3) is 5.04. The van der Waals surface area contributed by atoms with Crippen LogP contribution in [0.1, 0.15) is 18.4 Å². The predicted molar refractivity (Wildman–Crippen MR) is 90.5 cm³/mol. The zero-order valence-electron chi connectivity index (χ0n) is 14.0. The molecule has 23 heavy (non-hydrogen) atoms. The van der Waals surface area contributed by atoms with E-state index >= 15 is 0 Å². The maximum Gasteiger partial charge on any atom is 0.250 e. The van der Waals surface area contributed by atoms with E-state index in [1.807, 2.05) is 19.1 Å². The summed E-state index contributed by atoms with van der Waals surface area (Å²) in [5.41, 5.74) is 2.36. The fourth-order valence-electron chi connectivity index (χ4n) is 2.67. The lowest BCUT2D eigenvalue weighted by molar-refractivity contribution is -0.121. The fourth-order valence-corrected chi connectivity index (χ4v) is 2.67. The van der Waals surface area contributed by atoms with Crippen LogP contribution in [0.5, 0.6) is 0 Å². The number of nitrogens with zero attached hydrogens (tertiary/aromatic N) is 1. The molecule has 0 aliphatic carbocycles. The van der Waals surface area contributed by atoms with Gasteiger partial charge in [0.1, 0.15) is 6.61 Å². The molecule has 1 aliphatic heterocycles. The number of nitrogens with one attached hydrogen (secondary N) is 2. The minimum absolute atomic E-state index is 0.00512. The Labute approximate surface area is 137 Å². The van der Waals surface area contributed by atoms with Crippen LogP contribution in [0.25, 0.3) is 0 Å². The molecule has 2 rings (SSSR count). The SMILES string of the molecule is COCC(=O)Nc1ccc(C)c(NC(=O)C2CCN(C)CC2)c1. The van der Waals surface area contributed by atoms with Gasteiger partial charge in [-0.15, -0.1) is 0 Å². The Morgan fingerprint density at radius 2 is 1.96 bits per heavy atom. The van der Waals surface area contributed by atoms with Crippen LogP contribution in [0.4, 0.5) is 11.4 Å². The second-order valence-corrected chi connectivity index (χ2v) is 6.08. The number of likely N-dealkylation sites (tertiary alicyclic amines) is 1. The number of rotatable bonds is 5. The molecule has 6 nitrogen and oxygen atoms in total. The first-order valence-corrected chi connectivity index (χ1v) is 7.88. The normalized spacial score (nSPS) is 16.1. The molecule has 1 aromatic carbocycles. The van der Waals surface area contributed by atoms with Crippen molar-refractivity contribution in [3.63, 3.8) is 0 Å². The minimum Gasteiger partial charge on any atom is -0.375 e. The van der Waals surface area contributed by atoms with Crippen LogP contribution in [0.2, 0.25) is 0 Å². The standard InChI is InChI=1S/C17H25N3O3/c1-12-4-5-14(18-16(21)11-23-3)10-15(12)19-17(22)13-6-8-20(2)9-7-13/h4-5,10,13H,6-9,11H2,1-3H3,(H,18,21)(H,19,22). The van der Waals surface area contributed by atoms with Crippen LogP contribution < -0.4 is 10.6 Å². The van der Waals surface area contributed by atoms with Crippen molar-refractivity contribution in [3.8, 4) is 0 Å². The van der Waals surface area contributed by atoms with Crippen molar-refractivity contribution in [3.05, 3.63) is 23.8 Å². The number of benzene rings is 1. The van der Waals surface area contributed by atoms with E-state index in [1.165, 1.54) is 7.11 Å². The van der Waals surface area contributed by atoms with Crippen LogP contribution in [0.3, 0.4) is 0 Å². The van der Waals surface area contributed by atoms with Crippen molar-refractivity contribution >= 4 is 23.2 Å². The molecular formula is C17H25N3O3. The van der Waals surface area contributed by atoms with E-state index in [4.69, 9.17) is 4.74 Å². The number of carbonyl (C=O) groups is 2. The summed E-state index contributed by atoms with van der Waals surface area (Å²) in [5, 5.41) is 5.75. The largest absolute Gasteiger partial charge is 0.375 e. The Hall–Kier alpha value is -1.92. The van der Waals surface area contributed by atoms with E-state index in [-0.39, 0.29) is 24.3 Å². The molecule has 2 amide bonds. The molecule has 0 radical (unpaired) electrons. The second kappa shape index (κ2) is 8.08. The van der Waals surface area contributed by atoms with Gasteiger partial charge in [-0.25, -0.2) is 0 Å². The second-order valence-electron chi connectivity index (χ2n) is 6.08. The van der Waals surface area contributed by atoms with E-state index in [9.17, 15) is 9.59 Å². The van der Waals surface area contributed by atoms with Gasteiger partial charge in [0.2, 0.25) is 11.8 Å². The summed E-state index contributed by atoms with van der Waals surface area (Å²) in [5.74, 6) is -0.108. The van der Waals surface area contributed by atoms with Gasteiger partial charge in [-0.05, 0) is 57.6 Å². The van der Waals surface area contributed by atoms with Crippen LogP contribution >= 0.6 is 0 Å². The summed E-state index contributed by atoms with van der Waals surface area (Å²) < 4.78 is 4.80. The van der Waals surface area contributed by atoms with E-state index in [1.54, 1.807) is 6.07 Å². The highest BCUT2D eigenvalue weighted by atomic mass is 16.5. The van der Waals surface area contributed by atoms with Gasteiger partial charge in [-0.3, -0.25) is 9.59 Å². The van der Waals surface area contributed by atoms with E-state index in [0.717, 1.165) is 37.2 Å². The molecule has 1 fully saturated rings. The average molecular weight is 319 g/mol. The van der Waals surface area contributed by atoms with Gasteiger partial charge < -0.3 is 20.3 Å². The third-order valence-electron chi connectivity index (χ3n) is 4.14. The Morgan fingerprint density at radius 1 is 1.26 bits per heavy atom. The zero-order valence-corrected chi connectivity index (χ0v) is 14.0. The van der Waals surface area contributed by atoms with Gasteiger partial charge in [0.25, 0.3) is 0 Å². The summed E-state index contributed by atoms with van der Waals surface area (Å²) in [6, 6.07) is 5.48. The van der Waals surface area contributed by atoms with Gasteiger partial charge in [0.15, 0.2) is 0 Å². The lowest BCUT2D eigenvalue weighted by Gasteiger charge is -2.28. The smallest absolute Gasteiger partial charge is 0.250 e. The number of methoxy groups -OCH3 is 1. The van der Waals surface area contributed by atoms with E-state index in [2.05, 4.69) is 22.6 Å². The van der Waals surface area contributed by atoms with Crippen molar-refractivity contribution in [1.29, 1.82) is 0 Å². The third-order valence-corrected chi connectivity index (χ3v) is 4.14. The highest BCUT2D eigenvalue weighted by Crippen LogP contribution is 2.23. The summed E-state index contributed by atoms with van der Waals surface area (Å²) >= 11 is 0. The Bertz CT molecular complexity index is 566. The van der Waals surface area contributed by atoms with Crippen LogP contribution in [-0.4, -0.2) is 50.6 Å². The highest BCUT2D eigenvalue weighted by molar-refractivity contribution is 5.96. The predicted octanol–water partition coefficient (Wildman–Crippen LogP) is 1.86. The molecule has 1 aliphatic rings. The quantitative estimate of drug-likeness (QED) is 0.869. The molecule has 126 valence electrons. The first kappa shape index (κ1) is 17.4. The first-order valence-electron chi connectivity index (χ1n) is 7.88. The summed E-state index contributed by atoms with van der Waals surface area (Å²) in [7, 11) is 3.55. The number of piperidine rings is 1. The van der Waals surface area contributed by atoms with Crippen molar-refractivity contribution in [2.75, 3.05) is 44.5 Å². The summed E-state index contributed by atoms with van der Waals surface area (Å²) in [6.45, 7) is 3.84. The van der Waals surface area contributed by atoms with Gasteiger partial charge in [0.05, 0.1) is 0 Å². The maximum absolute atomic E-state index is 12.4. The summed E-state index contributed by atoms with van der Waals surface area (Å²) in [4.78, 5) is 26.2. The molecule has 0 saturated carbocycles. The zero-order chi connectivity index (χ0) is 16.8. The van der Waals surface area contributed by atoms with Crippen molar-refractivity contribution in [2.24, 2.45) is 5.92 Å². The molecule has 1 aromatic rings. The Kier molecular flexibility index (Phi) is 6.12. The number of amides is 2. The van der Waals surface area contributed by atoms with E-state index in [0.29, 0.717) is 5.69 Å². The van der Waals surface area contributed by atoms with Gasteiger partial charge in [-0.1, -0.05) is 6.07 Å². The average Bonchev–Trinajstić information content (AvgIpc) is 2.51. The van der Waals surface area contributed by atoms with Crippen LogP contribution in [0.15, 0.2) is 18.2 Å². The van der Waals surface area contributed by atoms with E-state index < -0.39 is 0 Å². The molecule has 0 aromatic heterocycles. The monoisotopic (exact) mass is 319 g/mol. The number of anilines is 2. The highest BCUT2D eigenvalue weighted by Gasteiger charge is 2.23. The van der Waals surface area contributed by atoms with Crippen molar-refractivity contribution < 1.29 is 14.3 Å². The molecule has 0 spiro atoms. The molecule has 1 heterocycles. The number of carbonyl (C=O) groups excluding carboxylic acids is 2. The molecule has 1 saturated heterocycles. The Balaban J connectivity index is 2.01. The number of hydrogen-bond donors (Lipinski definition) is 2. The molecule has 0 atom stereocenters. The first-order chi connectivity index (χ1) is 11.0. The number of ether oxygens (including phenoxy) is 1. The molecule has 0 bridgehead atoms. The van der Waals surface area contributed by atoms with Crippen molar-refractivity contribution in [1.82, 2.24) is 4.90 Å². The fraction of sp³-hybridized carbons (Fsp3) is 0.529. The van der Waals surface area contributed by atoms with Gasteiger partial charge in [-0.2, -0.15) is 0 Å². The summed E-state index contributed by atoms with van der Waals surface area (Å²) in [6.07, 6.45) is 1.76. The topological polar surface area (TPSA) is 70.7 Å². The lowest BCUT2D eigenvalue weighted by Crippen LogP contribution is -2.36. The maximum atomic E-state index is 12.4. The van der Waals surface area contributed by atoms with Gasteiger partial charge in [0, 0.05) is 24.4 Å². The number of hydrogen-bond acceptors (Lipinski definition) is 4. The number of aryl methyl sites for hydroxylation is 1. The molecule has 0 unspecified atom stereocenters.